The van der Waals surface area contributed by atoms with Crippen LogP contribution in [0.25, 0.3) is 11.0 Å². The summed E-state index contributed by atoms with van der Waals surface area (Å²) in [5.74, 6) is 1.72. The summed E-state index contributed by atoms with van der Waals surface area (Å²) in [6.45, 7) is 7.63. The number of hydrogen-bond donors (Lipinski definition) is 0. The highest BCUT2D eigenvalue weighted by Crippen LogP contribution is 2.32. The molecule has 0 bridgehead atoms. The van der Waals surface area contributed by atoms with E-state index in [0.717, 1.165) is 34.6 Å². The molecular weight excluding hydrogens is 360 g/mol. The van der Waals surface area contributed by atoms with Crippen molar-refractivity contribution in [2.45, 2.75) is 33.9 Å². The molecule has 0 spiro atoms. The van der Waals surface area contributed by atoms with E-state index in [0.29, 0.717) is 6.61 Å². The lowest BCUT2D eigenvalue weighted by Gasteiger charge is -2.13. The monoisotopic (exact) mass is 386 g/mol. The van der Waals surface area contributed by atoms with Crippen molar-refractivity contribution in [1.29, 1.82) is 0 Å². The maximum absolute atomic E-state index is 6.27. The van der Waals surface area contributed by atoms with Gasteiger partial charge in [-0.15, -0.1) is 0 Å². The van der Waals surface area contributed by atoms with E-state index in [1.54, 1.807) is 7.11 Å². The number of pyridine rings is 1. The zero-order chi connectivity index (χ0) is 20.4. The van der Waals surface area contributed by atoms with E-state index in [1.807, 2.05) is 24.4 Å². The van der Waals surface area contributed by atoms with Gasteiger partial charge in [-0.3, -0.25) is 4.98 Å². The number of methoxy groups -OCH3 is 1. The summed E-state index contributed by atoms with van der Waals surface area (Å²) < 4.78 is 13.9. The van der Waals surface area contributed by atoms with Gasteiger partial charge in [0, 0.05) is 24.5 Å². The Hall–Kier alpha value is -3.27. The van der Waals surface area contributed by atoms with Crippen molar-refractivity contribution in [3.8, 4) is 11.5 Å². The first-order valence-electron chi connectivity index (χ1n) is 9.82. The van der Waals surface area contributed by atoms with E-state index in [1.165, 1.54) is 22.4 Å². The van der Waals surface area contributed by atoms with E-state index in [9.17, 15) is 0 Å². The van der Waals surface area contributed by atoms with Crippen LogP contribution in [0, 0.1) is 20.8 Å². The fourth-order valence-electron chi connectivity index (χ4n) is 3.74. The van der Waals surface area contributed by atoms with Crippen molar-refractivity contribution in [2.24, 2.45) is 0 Å². The molecule has 2 aromatic heterocycles. The number of aromatic nitrogens is 2. The Bertz CT molecular complexity index is 1160. The lowest BCUT2D eigenvalue weighted by Crippen LogP contribution is -2.04. The normalized spacial score (nSPS) is 11.0. The van der Waals surface area contributed by atoms with Gasteiger partial charge in [-0.2, -0.15) is 0 Å². The van der Waals surface area contributed by atoms with E-state index in [-0.39, 0.29) is 0 Å². The number of nitrogens with zero attached hydrogens (tertiary/aromatic N) is 2. The Morgan fingerprint density at radius 3 is 2.52 bits per heavy atom. The van der Waals surface area contributed by atoms with Gasteiger partial charge in [0.05, 0.1) is 12.6 Å². The van der Waals surface area contributed by atoms with Crippen LogP contribution in [0.2, 0.25) is 0 Å². The minimum Gasteiger partial charge on any atom is -0.497 e. The second kappa shape index (κ2) is 8.00. The summed E-state index contributed by atoms with van der Waals surface area (Å²) in [5.41, 5.74) is 7.99. The molecule has 4 aromatic rings. The molecule has 2 aromatic carbocycles. The highest BCUT2D eigenvalue weighted by Gasteiger charge is 2.17. The van der Waals surface area contributed by atoms with Crippen LogP contribution >= 0.6 is 0 Å². The molecule has 148 valence electrons. The molecule has 4 rings (SSSR count). The number of fused-ring (bicyclic) bond motifs is 1. The summed E-state index contributed by atoms with van der Waals surface area (Å²) in [4.78, 5) is 4.64. The summed E-state index contributed by atoms with van der Waals surface area (Å²) in [7, 11) is 1.70. The third-order valence-electron chi connectivity index (χ3n) is 5.41. The SMILES string of the molecule is COc1cccc(Cn2c(C)c(C)c3nccc(OCc4cccc(C)c4)c32)c1. The number of benzene rings is 2. The van der Waals surface area contributed by atoms with Crippen LogP contribution in [0.3, 0.4) is 0 Å². The van der Waals surface area contributed by atoms with Crippen LogP contribution in [0.5, 0.6) is 11.5 Å². The highest BCUT2D eigenvalue weighted by molar-refractivity contribution is 5.86. The average Bonchev–Trinajstić information content (AvgIpc) is 2.98. The molecule has 2 heterocycles. The van der Waals surface area contributed by atoms with Crippen LogP contribution in [0.15, 0.2) is 60.8 Å². The summed E-state index contributed by atoms with van der Waals surface area (Å²) in [6.07, 6.45) is 1.83. The molecule has 0 aliphatic heterocycles. The number of rotatable bonds is 6. The quantitative estimate of drug-likeness (QED) is 0.433. The smallest absolute Gasteiger partial charge is 0.147 e. The zero-order valence-electron chi connectivity index (χ0n) is 17.4. The van der Waals surface area contributed by atoms with E-state index < -0.39 is 0 Å². The van der Waals surface area contributed by atoms with Crippen molar-refractivity contribution in [2.75, 3.05) is 7.11 Å². The Morgan fingerprint density at radius 2 is 1.72 bits per heavy atom. The van der Waals surface area contributed by atoms with Gasteiger partial charge in [0.15, 0.2) is 0 Å². The molecule has 29 heavy (non-hydrogen) atoms. The van der Waals surface area contributed by atoms with Crippen molar-refractivity contribution < 1.29 is 9.47 Å². The Morgan fingerprint density at radius 1 is 0.931 bits per heavy atom. The topological polar surface area (TPSA) is 36.3 Å². The molecule has 0 fully saturated rings. The van der Waals surface area contributed by atoms with Crippen molar-refractivity contribution in [1.82, 2.24) is 9.55 Å². The number of ether oxygens (including phenoxy) is 2. The van der Waals surface area contributed by atoms with E-state index >= 15 is 0 Å². The first-order chi connectivity index (χ1) is 14.1. The average molecular weight is 386 g/mol. The standard InChI is InChI=1S/C25H26N2O2/c1-17-7-5-9-21(13-17)16-29-23-11-12-26-24-18(2)19(3)27(25(23)24)15-20-8-6-10-22(14-20)28-4/h5-14H,15-16H2,1-4H3. The number of aryl methyl sites for hydroxylation is 2. The molecule has 0 atom stereocenters. The molecule has 0 radical (unpaired) electrons. The van der Waals surface area contributed by atoms with Crippen molar-refractivity contribution in [3.63, 3.8) is 0 Å². The van der Waals surface area contributed by atoms with Crippen molar-refractivity contribution in [3.05, 3.63) is 88.7 Å². The predicted octanol–water partition coefficient (Wildman–Crippen LogP) is 5.60. The summed E-state index contributed by atoms with van der Waals surface area (Å²) >= 11 is 0. The third kappa shape index (κ3) is 3.83. The summed E-state index contributed by atoms with van der Waals surface area (Å²) in [6, 6.07) is 18.6. The van der Waals surface area contributed by atoms with Crippen LogP contribution < -0.4 is 9.47 Å². The van der Waals surface area contributed by atoms with Crippen molar-refractivity contribution >= 4 is 11.0 Å². The second-order valence-electron chi connectivity index (χ2n) is 7.43. The van der Waals surface area contributed by atoms with Gasteiger partial charge in [0.2, 0.25) is 0 Å². The molecule has 4 nitrogen and oxygen atoms in total. The molecule has 0 aliphatic rings. The lowest BCUT2D eigenvalue weighted by atomic mass is 10.1. The predicted molar refractivity (Wildman–Crippen MR) is 117 cm³/mol. The van der Waals surface area contributed by atoms with E-state index in [4.69, 9.17) is 9.47 Å². The van der Waals surface area contributed by atoms with Gasteiger partial charge in [-0.25, -0.2) is 0 Å². The fourth-order valence-corrected chi connectivity index (χ4v) is 3.74. The van der Waals surface area contributed by atoms with Gasteiger partial charge < -0.3 is 14.0 Å². The fraction of sp³-hybridized carbons (Fsp3) is 0.240. The Balaban J connectivity index is 1.73. The Kier molecular flexibility index (Phi) is 5.26. The zero-order valence-corrected chi connectivity index (χ0v) is 17.4. The largest absolute Gasteiger partial charge is 0.497 e. The minimum atomic E-state index is 0.531. The molecule has 0 amide bonds. The minimum absolute atomic E-state index is 0.531. The first-order valence-corrected chi connectivity index (χ1v) is 9.82. The van der Waals surface area contributed by atoms with Gasteiger partial charge in [-0.05, 0) is 49.6 Å². The van der Waals surface area contributed by atoms with E-state index in [2.05, 4.69) is 66.7 Å². The molecule has 0 unspecified atom stereocenters. The van der Waals surface area contributed by atoms with Gasteiger partial charge in [0.25, 0.3) is 0 Å². The third-order valence-corrected chi connectivity index (χ3v) is 5.41. The molecule has 0 saturated heterocycles. The maximum atomic E-state index is 6.27. The molecular formula is C25H26N2O2. The molecule has 0 aliphatic carbocycles. The first kappa shape index (κ1) is 19.1. The van der Waals surface area contributed by atoms with Gasteiger partial charge in [0.1, 0.15) is 23.6 Å². The van der Waals surface area contributed by atoms with Crippen LogP contribution in [-0.4, -0.2) is 16.7 Å². The number of hydrogen-bond acceptors (Lipinski definition) is 3. The van der Waals surface area contributed by atoms with Crippen LogP contribution in [0.4, 0.5) is 0 Å². The molecule has 4 heteroatoms. The molecule has 0 N–H and O–H groups in total. The maximum Gasteiger partial charge on any atom is 0.147 e. The highest BCUT2D eigenvalue weighted by atomic mass is 16.5. The Labute approximate surface area is 171 Å². The second-order valence-corrected chi connectivity index (χ2v) is 7.43. The van der Waals surface area contributed by atoms with Crippen LogP contribution in [-0.2, 0) is 13.2 Å². The molecule has 0 saturated carbocycles. The lowest BCUT2D eigenvalue weighted by molar-refractivity contribution is 0.308. The van der Waals surface area contributed by atoms with Gasteiger partial charge in [-0.1, -0.05) is 42.0 Å². The van der Waals surface area contributed by atoms with Crippen LogP contribution in [0.1, 0.15) is 27.9 Å². The van der Waals surface area contributed by atoms with Gasteiger partial charge >= 0.3 is 0 Å². The summed E-state index contributed by atoms with van der Waals surface area (Å²) in [5, 5.41) is 0.